The number of unbranched alkanes of at least 4 members (excludes halogenated alkanes) is 2. The lowest BCUT2D eigenvalue weighted by Crippen LogP contribution is -2.50. The molecule has 0 aromatic carbocycles. The minimum atomic E-state index is 0.206. The molecule has 32 heavy (non-hydrogen) atoms. The molecule has 0 radical (unpaired) electrons. The number of rotatable bonds is 12. The van der Waals surface area contributed by atoms with Crippen LogP contribution in [0.2, 0.25) is 0 Å². The zero-order valence-electron chi connectivity index (χ0n) is 20.1. The van der Waals surface area contributed by atoms with Gasteiger partial charge in [-0.3, -0.25) is 14.6 Å². The van der Waals surface area contributed by atoms with E-state index in [4.69, 9.17) is 4.42 Å². The van der Waals surface area contributed by atoms with E-state index in [-0.39, 0.29) is 11.8 Å². The topological polar surface area (TPSA) is 90.2 Å². The molecule has 180 valence electrons. The predicted octanol–water partition coefficient (Wildman–Crippen LogP) is 2.65. The normalized spacial score (nSPS) is 14.7. The lowest BCUT2D eigenvalue weighted by Gasteiger charge is -2.35. The van der Waals surface area contributed by atoms with Crippen LogP contribution in [-0.4, -0.2) is 73.4 Å². The summed E-state index contributed by atoms with van der Waals surface area (Å²) >= 11 is 0. The van der Waals surface area contributed by atoms with Gasteiger partial charge in [-0.15, -0.1) is 0 Å². The van der Waals surface area contributed by atoms with Crippen molar-refractivity contribution in [2.75, 3.05) is 45.8 Å². The SMILES string of the molecule is CCNC(=NCCCCCC(=O)N1CCN(C(=O)CC(C)C)CC1)NCCc1ccco1. The first-order valence-electron chi connectivity index (χ1n) is 12.1. The standard InChI is InChI=1S/C24H41N5O3/c1-4-25-24(27-13-11-21-9-8-18-32-21)26-12-7-5-6-10-22(30)28-14-16-29(17-15-28)23(31)19-20(2)3/h8-9,18,20H,4-7,10-17,19H2,1-3H3,(H2,25,26,27). The summed E-state index contributed by atoms with van der Waals surface area (Å²) in [5, 5.41) is 6.58. The van der Waals surface area contributed by atoms with Gasteiger partial charge in [0.25, 0.3) is 0 Å². The number of hydrogen-bond donors (Lipinski definition) is 2. The fraction of sp³-hybridized carbons (Fsp3) is 0.708. The van der Waals surface area contributed by atoms with Crippen molar-refractivity contribution >= 4 is 17.8 Å². The highest BCUT2D eigenvalue weighted by Gasteiger charge is 2.23. The highest BCUT2D eigenvalue weighted by molar-refractivity contribution is 5.79. The third-order valence-corrected chi connectivity index (χ3v) is 5.47. The van der Waals surface area contributed by atoms with Crippen molar-refractivity contribution < 1.29 is 14.0 Å². The molecule has 2 rings (SSSR count). The Morgan fingerprint density at radius 3 is 2.41 bits per heavy atom. The minimum absolute atomic E-state index is 0.206. The molecule has 1 aromatic heterocycles. The third kappa shape index (κ3) is 9.75. The molecule has 1 aliphatic rings. The minimum Gasteiger partial charge on any atom is -0.469 e. The van der Waals surface area contributed by atoms with Crippen LogP contribution in [0.3, 0.4) is 0 Å². The van der Waals surface area contributed by atoms with Crippen LogP contribution in [0.1, 0.15) is 58.6 Å². The van der Waals surface area contributed by atoms with Gasteiger partial charge in [0.2, 0.25) is 11.8 Å². The monoisotopic (exact) mass is 447 g/mol. The largest absolute Gasteiger partial charge is 0.469 e. The molecule has 0 atom stereocenters. The molecular formula is C24H41N5O3. The summed E-state index contributed by atoms with van der Waals surface area (Å²) in [6, 6.07) is 3.87. The number of amides is 2. The molecule has 1 saturated heterocycles. The summed E-state index contributed by atoms with van der Waals surface area (Å²) in [7, 11) is 0. The Bertz CT molecular complexity index is 694. The maximum Gasteiger partial charge on any atom is 0.222 e. The van der Waals surface area contributed by atoms with Gasteiger partial charge in [0, 0.05) is 65.1 Å². The van der Waals surface area contributed by atoms with Gasteiger partial charge in [0.15, 0.2) is 5.96 Å². The Kier molecular flexibility index (Phi) is 11.7. The molecule has 8 nitrogen and oxygen atoms in total. The van der Waals surface area contributed by atoms with E-state index in [1.807, 2.05) is 21.9 Å². The van der Waals surface area contributed by atoms with Crippen molar-refractivity contribution in [3.63, 3.8) is 0 Å². The first-order chi connectivity index (χ1) is 15.5. The van der Waals surface area contributed by atoms with Crippen molar-refractivity contribution in [2.24, 2.45) is 10.9 Å². The summed E-state index contributed by atoms with van der Waals surface area (Å²) in [5.41, 5.74) is 0. The number of carbonyl (C=O) groups is 2. The van der Waals surface area contributed by atoms with Crippen molar-refractivity contribution in [3.05, 3.63) is 24.2 Å². The second kappa shape index (κ2) is 14.5. The summed E-state index contributed by atoms with van der Waals surface area (Å²) < 4.78 is 5.34. The zero-order chi connectivity index (χ0) is 23.2. The van der Waals surface area contributed by atoms with Crippen molar-refractivity contribution in [2.45, 2.75) is 59.3 Å². The first kappa shape index (κ1) is 25.7. The Labute approximate surface area is 192 Å². The highest BCUT2D eigenvalue weighted by atomic mass is 16.3. The number of aliphatic imine (C=N–C) groups is 1. The Hall–Kier alpha value is -2.51. The van der Waals surface area contributed by atoms with Crippen LogP contribution in [-0.2, 0) is 16.0 Å². The van der Waals surface area contributed by atoms with Crippen molar-refractivity contribution in [1.29, 1.82) is 0 Å². The first-order valence-corrected chi connectivity index (χ1v) is 12.1. The maximum atomic E-state index is 12.5. The summed E-state index contributed by atoms with van der Waals surface area (Å²) in [5.74, 6) is 2.57. The summed E-state index contributed by atoms with van der Waals surface area (Å²) in [6.07, 6.45) is 6.49. The fourth-order valence-electron chi connectivity index (χ4n) is 3.70. The van der Waals surface area contributed by atoms with Gasteiger partial charge in [-0.25, -0.2) is 0 Å². The van der Waals surface area contributed by atoms with E-state index < -0.39 is 0 Å². The second-order valence-corrected chi connectivity index (χ2v) is 8.69. The highest BCUT2D eigenvalue weighted by Crippen LogP contribution is 2.10. The molecule has 0 saturated carbocycles. The van der Waals surface area contributed by atoms with Gasteiger partial charge in [-0.2, -0.15) is 0 Å². The van der Waals surface area contributed by atoms with Crippen molar-refractivity contribution in [1.82, 2.24) is 20.4 Å². The number of nitrogens with one attached hydrogen (secondary N) is 2. The molecule has 0 unspecified atom stereocenters. The van der Waals surface area contributed by atoms with Gasteiger partial charge in [-0.1, -0.05) is 20.3 Å². The van der Waals surface area contributed by atoms with Crippen LogP contribution in [0, 0.1) is 5.92 Å². The Morgan fingerprint density at radius 2 is 1.78 bits per heavy atom. The predicted molar refractivity (Wildman–Crippen MR) is 127 cm³/mol. The molecule has 2 heterocycles. The van der Waals surface area contributed by atoms with Gasteiger partial charge >= 0.3 is 0 Å². The average Bonchev–Trinajstić information content (AvgIpc) is 3.29. The van der Waals surface area contributed by atoms with Crippen molar-refractivity contribution in [3.8, 4) is 0 Å². The fourth-order valence-corrected chi connectivity index (χ4v) is 3.70. The number of piperazine rings is 1. The number of guanidine groups is 1. The van der Waals surface area contributed by atoms with E-state index in [1.165, 1.54) is 0 Å². The molecule has 1 fully saturated rings. The molecule has 0 spiro atoms. The molecule has 0 bridgehead atoms. The van der Waals surface area contributed by atoms with Crippen LogP contribution in [0.15, 0.2) is 27.8 Å². The average molecular weight is 448 g/mol. The van der Waals surface area contributed by atoms with E-state index in [1.54, 1.807) is 6.26 Å². The van der Waals surface area contributed by atoms with Crippen LogP contribution >= 0.6 is 0 Å². The van der Waals surface area contributed by atoms with Crippen LogP contribution in [0.5, 0.6) is 0 Å². The third-order valence-electron chi connectivity index (χ3n) is 5.47. The second-order valence-electron chi connectivity index (χ2n) is 8.69. The molecule has 1 aliphatic heterocycles. The van der Waals surface area contributed by atoms with Crippen LogP contribution in [0.25, 0.3) is 0 Å². The van der Waals surface area contributed by atoms with E-state index in [0.29, 0.717) is 44.9 Å². The number of nitrogens with zero attached hydrogens (tertiary/aromatic N) is 3. The lowest BCUT2D eigenvalue weighted by molar-refractivity contribution is -0.140. The molecular weight excluding hydrogens is 406 g/mol. The number of furan rings is 1. The van der Waals surface area contributed by atoms with E-state index in [9.17, 15) is 9.59 Å². The van der Waals surface area contributed by atoms with E-state index in [2.05, 4.69) is 36.4 Å². The smallest absolute Gasteiger partial charge is 0.222 e. The Morgan fingerprint density at radius 1 is 1.06 bits per heavy atom. The summed E-state index contributed by atoms with van der Waals surface area (Å²) in [4.78, 5) is 33.0. The molecule has 1 aromatic rings. The van der Waals surface area contributed by atoms with Gasteiger partial charge in [-0.05, 0) is 37.8 Å². The Balaban J connectivity index is 1.57. The molecule has 8 heteroatoms. The molecule has 0 aliphatic carbocycles. The number of hydrogen-bond acceptors (Lipinski definition) is 4. The maximum absolute atomic E-state index is 12.5. The van der Waals surface area contributed by atoms with Gasteiger partial charge in [0.1, 0.15) is 5.76 Å². The molecule has 2 N–H and O–H groups in total. The van der Waals surface area contributed by atoms with Gasteiger partial charge < -0.3 is 24.9 Å². The number of carbonyl (C=O) groups excluding carboxylic acids is 2. The lowest BCUT2D eigenvalue weighted by atomic mass is 10.1. The van der Waals surface area contributed by atoms with Crippen LogP contribution in [0.4, 0.5) is 0 Å². The zero-order valence-corrected chi connectivity index (χ0v) is 20.1. The molecule has 2 amide bonds. The van der Waals surface area contributed by atoms with Crippen LogP contribution < -0.4 is 10.6 Å². The van der Waals surface area contributed by atoms with Gasteiger partial charge in [0.05, 0.1) is 6.26 Å². The van der Waals surface area contributed by atoms with E-state index in [0.717, 1.165) is 57.0 Å². The summed E-state index contributed by atoms with van der Waals surface area (Å²) in [6.45, 7) is 11.1. The van der Waals surface area contributed by atoms with E-state index >= 15 is 0 Å². The quantitative estimate of drug-likeness (QED) is 0.292.